The van der Waals surface area contributed by atoms with Crippen LogP contribution in [0.5, 0.6) is 5.75 Å². The van der Waals surface area contributed by atoms with Crippen LogP contribution >= 0.6 is 0 Å². The summed E-state index contributed by atoms with van der Waals surface area (Å²) in [4.78, 5) is 12.1. The minimum absolute atomic E-state index is 0.00548. The average Bonchev–Trinajstić information content (AvgIpc) is 2.34. The first-order chi connectivity index (χ1) is 9.23. The predicted molar refractivity (Wildman–Crippen MR) is 82.8 cm³/mol. The van der Waals surface area contributed by atoms with Crippen molar-refractivity contribution >= 4 is 5.91 Å². The van der Waals surface area contributed by atoms with E-state index < -0.39 is 0 Å². The molecule has 0 spiro atoms. The number of benzene rings is 1. The molecule has 0 aliphatic carbocycles. The van der Waals surface area contributed by atoms with Crippen LogP contribution in [-0.4, -0.2) is 13.0 Å². The minimum atomic E-state index is 0.00548. The van der Waals surface area contributed by atoms with Crippen molar-refractivity contribution in [2.24, 2.45) is 11.3 Å². The number of carbonyl (C=O) groups is 1. The summed E-state index contributed by atoms with van der Waals surface area (Å²) < 4.78 is 5.17. The molecule has 20 heavy (non-hydrogen) atoms. The van der Waals surface area contributed by atoms with E-state index in [1.165, 1.54) is 0 Å². The van der Waals surface area contributed by atoms with Gasteiger partial charge in [-0.1, -0.05) is 46.8 Å². The van der Waals surface area contributed by atoms with Crippen LogP contribution in [0.25, 0.3) is 0 Å². The van der Waals surface area contributed by atoms with Gasteiger partial charge in [0.2, 0.25) is 5.91 Å². The molecule has 0 saturated heterocycles. The van der Waals surface area contributed by atoms with E-state index in [0.717, 1.165) is 11.3 Å². The maximum Gasteiger partial charge on any atom is 0.221 e. The molecule has 1 N–H and O–H groups in total. The lowest BCUT2D eigenvalue weighted by molar-refractivity contribution is -0.123. The van der Waals surface area contributed by atoms with Crippen molar-refractivity contribution in [1.29, 1.82) is 0 Å². The Balaban J connectivity index is 2.81. The molecule has 0 heterocycles. The Morgan fingerprint density at radius 1 is 1.20 bits per heavy atom. The SMILES string of the molecule is COc1ccc(C(NC(=O)CC(C)(C)C)C(C)C)cc1. The van der Waals surface area contributed by atoms with Crippen molar-refractivity contribution in [3.63, 3.8) is 0 Å². The molecule has 112 valence electrons. The third-order valence-corrected chi connectivity index (χ3v) is 3.15. The van der Waals surface area contributed by atoms with Gasteiger partial charge < -0.3 is 10.1 Å². The molecule has 1 rings (SSSR count). The summed E-state index contributed by atoms with van der Waals surface area (Å²) in [7, 11) is 1.65. The van der Waals surface area contributed by atoms with Gasteiger partial charge in [-0.3, -0.25) is 4.79 Å². The summed E-state index contributed by atoms with van der Waals surface area (Å²) in [5.74, 6) is 1.27. The lowest BCUT2D eigenvalue weighted by Gasteiger charge is -2.25. The fourth-order valence-electron chi connectivity index (χ4n) is 2.15. The molecule has 1 amide bonds. The van der Waals surface area contributed by atoms with Gasteiger partial charge >= 0.3 is 0 Å². The summed E-state index contributed by atoms with van der Waals surface area (Å²) in [5, 5.41) is 3.15. The van der Waals surface area contributed by atoms with Crippen molar-refractivity contribution in [3.05, 3.63) is 29.8 Å². The zero-order chi connectivity index (χ0) is 15.3. The molecule has 1 unspecified atom stereocenters. The summed E-state index contributed by atoms with van der Waals surface area (Å²) in [6.07, 6.45) is 0.534. The molecular formula is C17H27NO2. The van der Waals surface area contributed by atoms with Gasteiger partial charge in [0.05, 0.1) is 13.2 Å². The number of hydrogen-bond acceptors (Lipinski definition) is 2. The third-order valence-electron chi connectivity index (χ3n) is 3.15. The maximum atomic E-state index is 12.1. The summed E-state index contributed by atoms with van der Waals surface area (Å²) in [6.45, 7) is 10.5. The molecular weight excluding hydrogens is 250 g/mol. The number of amides is 1. The third kappa shape index (κ3) is 5.24. The van der Waals surface area contributed by atoms with Crippen LogP contribution in [0, 0.1) is 11.3 Å². The van der Waals surface area contributed by atoms with Gasteiger partial charge in [-0.25, -0.2) is 0 Å². The average molecular weight is 277 g/mol. The number of carbonyl (C=O) groups excluding carboxylic acids is 1. The van der Waals surface area contributed by atoms with Gasteiger partial charge in [0.15, 0.2) is 0 Å². The van der Waals surface area contributed by atoms with Crippen molar-refractivity contribution in [2.45, 2.75) is 47.1 Å². The monoisotopic (exact) mass is 277 g/mol. The van der Waals surface area contributed by atoms with Crippen LogP contribution in [0.3, 0.4) is 0 Å². The van der Waals surface area contributed by atoms with Gasteiger partial charge in [0.1, 0.15) is 5.75 Å². The molecule has 3 nitrogen and oxygen atoms in total. The Morgan fingerprint density at radius 2 is 1.75 bits per heavy atom. The Bertz CT molecular complexity index is 429. The molecule has 1 aromatic carbocycles. The standard InChI is InChI=1S/C17H27NO2/c1-12(2)16(18-15(19)11-17(3,4)5)13-7-9-14(20-6)10-8-13/h7-10,12,16H,11H2,1-6H3,(H,18,19). The number of methoxy groups -OCH3 is 1. The highest BCUT2D eigenvalue weighted by Crippen LogP contribution is 2.25. The van der Waals surface area contributed by atoms with Crippen LogP contribution in [-0.2, 0) is 4.79 Å². The molecule has 1 aromatic rings. The van der Waals surface area contributed by atoms with E-state index in [1.807, 2.05) is 24.3 Å². The highest BCUT2D eigenvalue weighted by Gasteiger charge is 2.21. The molecule has 0 aliphatic rings. The van der Waals surface area contributed by atoms with Crippen LogP contribution < -0.4 is 10.1 Å². The Morgan fingerprint density at radius 3 is 2.15 bits per heavy atom. The number of rotatable bonds is 5. The van der Waals surface area contributed by atoms with Crippen molar-refractivity contribution < 1.29 is 9.53 Å². The van der Waals surface area contributed by atoms with Gasteiger partial charge in [-0.2, -0.15) is 0 Å². The second kappa shape index (κ2) is 6.78. The second-order valence-corrected chi connectivity index (χ2v) is 6.80. The lowest BCUT2D eigenvalue weighted by atomic mass is 9.90. The van der Waals surface area contributed by atoms with E-state index in [-0.39, 0.29) is 17.4 Å². The summed E-state index contributed by atoms with van der Waals surface area (Å²) >= 11 is 0. The zero-order valence-corrected chi connectivity index (χ0v) is 13.5. The highest BCUT2D eigenvalue weighted by molar-refractivity contribution is 5.77. The van der Waals surface area contributed by atoms with Crippen LogP contribution in [0.15, 0.2) is 24.3 Å². The smallest absolute Gasteiger partial charge is 0.221 e. The molecule has 0 saturated carbocycles. The molecule has 0 radical (unpaired) electrons. The molecule has 0 bridgehead atoms. The molecule has 0 fully saturated rings. The quantitative estimate of drug-likeness (QED) is 0.885. The topological polar surface area (TPSA) is 38.3 Å². The largest absolute Gasteiger partial charge is 0.497 e. The number of hydrogen-bond donors (Lipinski definition) is 1. The highest BCUT2D eigenvalue weighted by atomic mass is 16.5. The van der Waals surface area contributed by atoms with Gasteiger partial charge in [-0.15, -0.1) is 0 Å². The Labute approximate surface area is 122 Å². The van der Waals surface area contributed by atoms with Gasteiger partial charge in [0.25, 0.3) is 0 Å². The first-order valence-electron chi connectivity index (χ1n) is 7.16. The number of ether oxygens (including phenoxy) is 1. The first-order valence-corrected chi connectivity index (χ1v) is 7.16. The zero-order valence-electron chi connectivity index (χ0n) is 13.5. The number of nitrogens with one attached hydrogen (secondary N) is 1. The van der Waals surface area contributed by atoms with Crippen molar-refractivity contribution in [3.8, 4) is 5.75 Å². The predicted octanol–water partition coefficient (Wildman–Crippen LogP) is 3.94. The van der Waals surface area contributed by atoms with Crippen LogP contribution in [0.1, 0.15) is 52.6 Å². The van der Waals surface area contributed by atoms with E-state index >= 15 is 0 Å². The van der Waals surface area contributed by atoms with Gasteiger partial charge in [-0.05, 0) is 29.0 Å². The van der Waals surface area contributed by atoms with Crippen LogP contribution in [0.4, 0.5) is 0 Å². The van der Waals surface area contributed by atoms with E-state index in [4.69, 9.17) is 4.74 Å². The van der Waals surface area contributed by atoms with E-state index in [2.05, 4.69) is 39.9 Å². The first kappa shape index (κ1) is 16.5. The fraction of sp³-hybridized carbons (Fsp3) is 0.588. The summed E-state index contributed by atoms with van der Waals surface area (Å²) in [5.41, 5.74) is 1.12. The minimum Gasteiger partial charge on any atom is -0.497 e. The fourth-order valence-corrected chi connectivity index (χ4v) is 2.15. The Kier molecular flexibility index (Phi) is 5.61. The van der Waals surface area contributed by atoms with Gasteiger partial charge in [0, 0.05) is 6.42 Å². The molecule has 0 aliphatic heterocycles. The van der Waals surface area contributed by atoms with E-state index in [0.29, 0.717) is 12.3 Å². The summed E-state index contributed by atoms with van der Waals surface area (Å²) in [6, 6.07) is 7.93. The second-order valence-electron chi connectivity index (χ2n) is 6.80. The molecule has 0 aromatic heterocycles. The van der Waals surface area contributed by atoms with Crippen molar-refractivity contribution in [2.75, 3.05) is 7.11 Å². The van der Waals surface area contributed by atoms with Crippen molar-refractivity contribution in [1.82, 2.24) is 5.32 Å². The van der Waals surface area contributed by atoms with E-state index in [9.17, 15) is 4.79 Å². The molecule has 3 heteroatoms. The lowest BCUT2D eigenvalue weighted by Crippen LogP contribution is -2.33. The molecule has 1 atom stereocenters. The normalized spacial score (nSPS) is 13.2. The maximum absolute atomic E-state index is 12.1. The van der Waals surface area contributed by atoms with E-state index in [1.54, 1.807) is 7.11 Å². The Hall–Kier alpha value is -1.51. The van der Waals surface area contributed by atoms with Crippen LogP contribution in [0.2, 0.25) is 0 Å².